The number of nitro benzene ring substituents is 1. The average Bonchev–Trinajstić information content (AvgIpc) is 1.10. The standard InChI is InChI=1S/C38H47N5O4S.C28H30N4OS.C22H26N2O7/c1-8-25(2)34-42-43-35(48-34)31(39-36(46)40-33(26(3)44)27(4)47-37(5,6)7)24-32(45)41-38(28-18-12-9-13-19-28,29-20-14-10-15-21-29)30-22-16-11-17-23-30;1-3-20(2)26-31-32-27(34-26)24(29)19-25(33)30-28(21-13-7-4-8-14-21,22-15-9-5-10-16-22)23-17-11-6-12-18-23;1-15(31-22(2,3)4)19(20(25)29-14-16-8-6-5-7-9-16)23-21(26)30-18-12-10-17(11-13-18)24(27)28/h9-23,25,27,31,33H,8,24H2,1-7H3,(H,41,45)(H2,39,40,46);4-18,20,24H,3,19,29H2,1-2H3,(H,30,33);5-13,15,19H,14H2,1-4H3,(H,23,26)/t25-,27?,31-,33+;20-,24-;15?,19-/m000/s1. The van der Waals surface area contributed by atoms with E-state index in [2.05, 4.69) is 74.7 Å². The van der Waals surface area contributed by atoms with Gasteiger partial charge in [0.25, 0.3) is 5.69 Å². The number of benzene rings is 8. The van der Waals surface area contributed by atoms with Crippen LogP contribution in [0.3, 0.4) is 0 Å². The van der Waals surface area contributed by atoms with Crippen molar-refractivity contribution < 1.29 is 52.6 Å². The van der Waals surface area contributed by atoms with E-state index in [9.17, 15) is 38.9 Å². The van der Waals surface area contributed by atoms with Gasteiger partial charge in [0.1, 0.15) is 49.5 Å². The number of urea groups is 1. The molecule has 10 aromatic rings. The number of ketones is 1. The van der Waals surface area contributed by atoms with Crippen LogP contribution in [-0.4, -0.2) is 96.5 Å². The van der Waals surface area contributed by atoms with Crippen molar-refractivity contribution in [3.63, 3.8) is 0 Å². The smallest absolute Gasteiger partial charge is 0.413 e. The first-order valence-corrected chi connectivity index (χ1v) is 39.3. The number of aromatic nitrogens is 4. The largest absolute Gasteiger partial charge is 0.459 e. The maximum absolute atomic E-state index is 14.3. The van der Waals surface area contributed by atoms with Gasteiger partial charge in [0.05, 0.1) is 46.8 Å². The molecular formula is C88H103N11O12S2. The minimum absolute atomic E-state index is 0.0392. The molecule has 0 bridgehead atoms. The number of esters is 1. The first kappa shape index (κ1) is 87.4. The number of hydrogen-bond acceptors (Lipinski definition) is 19. The SMILES string of the molecule is CC(OC(C)(C)C)[C@H](NC(=O)Oc1ccc([N+](=O)[O-])cc1)C(=O)OCc1ccccc1.CC[C@H](C)c1nnc([C@@H](N)CC(=O)NC(c2ccccc2)(c2ccccc2)c2ccccc2)s1.CC[C@H](C)c1nnc([C@H](CC(=O)NC(c2ccccc2)(c2ccccc2)c2ccccc2)NC(=O)N[C@H](C(C)=O)C(C)OC(C)(C)C)s1. The highest BCUT2D eigenvalue weighted by Gasteiger charge is 2.41. The molecule has 0 saturated carbocycles. The van der Waals surface area contributed by atoms with Crippen LogP contribution < -0.4 is 37.1 Å². The maximum Gasteiger partial charge on any atom is 0.413 e. The number of nitrogens with two attached hydrogens (primary N) is 1. The third-order valence-corrected chi connectivity index (χ3v) is 20.9. The van der Waals surface area contributed by atoms with E-state index in [0.717, 1.165) is 61.8 Å². The number of non-ortho nitro benzene ring substituents is 1. The molecule has 113 heavy (non-hydrogen) atoms. The van der Waals surface area contributed by atoms with Crippen molar-refractivity contribution in [3.05, 3.63) is 306 Å². The molecular weight excluding hydrogens is 1470 g/mol. The van der Waals surface area contributed by atoms with E-state index in [0.29, 0.717) is 15.9 Å². The molecule has 0 radical (unpaired) electrons. The number of nitro groups is 1. The molecule has 10 rings (SSSR count). The van der Waals surface area contributed by atoms with Crippen LogP contribution >= 0.6 is 22.7 Å². The van der Waals surface area contributed by atoms with Gasteiger partial charge in [-0.15, -0.1) is 20.4 Å². The molecule has 2 heterocycles. The van der Waals surface area contributed by atoms with Gasteiger partial charge in [-0.2, -0.15) is 0 Å². The highest BCUT2D eigenvalue weighted by atomic mass is 32.1. The van der Waals surface area contributed by atoms with Crippen molar-refractivity contribution in [1.82, 2.24) is 47.0 Å². The summed E-state index contributed by atoms with van der Waals surface area (Å²) in [6.07, 6.45) is -0.380. The third-order valence-electron chi connectivity index (χ3n) is 18.3. The number of hydrogen-bond donors (Lipinski definition) is 6. The molecule has 0 aliphatic rings. The molecule has 0 spiro atoms. The van der Waals surface area contributed by atoms with Crippen LogP contribution in [-0.2, 0) is 51.1 Å². The summed E-state index contributed by atoms with van der Waals surface area (Å²) in [4.78, 5) is 89.2. The summed E-state index contributed by atoms with van der Waals surface area (Å²) in [5.74, 6) is -0.808. The van der Waals surface area contributed by atoms with Gasteiger partial charge in [-0.1, -0.05) is 263 Å². The molecule has 2 aromatic heterocycles. The topological polar surface area (TPSA) is 320 Å². The molecule has 594 valence electrons. The van der Waals surface area contributed by atoms with E-state index < -0.39 is 81.7 Å². The Kier molecular flexibility index (Phi) is 32.0. The number of nitrogens with zero attached hydrogens (tertiary/aromatic N) is 5. The van der Waals surface area contributed by atoms with Crippen molar-refractivity contribution >= 4 is 64.1 Å². The Balaban J connectivity index is 0.000000219. The highest BCUT2D eigenvalue weighted by Crippen LogP contribution is 2.40. The minimum atomic E-state index is -1.13. The quantitative estimate of drug-likeness (QED) is 0.0102. The zero-order chi connectivity index (χ0) is 81.9. The molecule has 25 heteroatoms. The van der Waals surface area contributed by atoms with Gasteiger partial charge in [-0.05, 0) is 126 Å². The summed E-state index contributed by atoms with van der Waals surface area (Å²) in [7, 11) is 0. The predicted octanol–water partition coefficient (Wildman–Crippen LogP) is 16.6. The summed E-state index contributed by atoms with van der Waals surface area (Å²) in [5.41, 5.74) is 9.68. The van der Waals surface area contributed by atoms with Crippen LogP contribution in [0.25, 0.3) is 0 Å². The Morgan fingerprint density at radius 1 is 0.469 bits per heavy atom. The first-order chi connectivity index (χ1) is 53.9. The highest BCUT2D eigenvalue weighted by molar-refractivity contribution is 7.11. The van der Waals surface area contributed by atoms with E-state index in [1.165, 1.54) is 53.9 Å². The molecule has 0 aliphatic carbocycles. The molecule has 8 atom stereocenters. The van der Waals surface area contributed by atoms with E-state index in [1.807, 2.05) is 254 Å². The van der Waals surface area contributed by atoms with Gasteiger partial charge < -0.3 is 51.3 Å². The Labute approximate surface area is 669 Å². The fourth-order valence-electron chi connectivity index (χ4n) is 12.5. The average molecular weight is 1570 g/mol. The minimum Gasteiger partial charge on any atom is -0.459 e. The summed E-state index contributed by atoms with van der Waals surface area (Å²) in [5, 5.41) is 46.0. The van der Waals surface area contributed by atoms with Crippen LogP contribution in [0.2, 0.25) is 0 Å². The van der Waals surface area contributed by atoms with Gasteiger partial charge in [0, 0.05) is 30.4 Å². The van der Waals surface area contributed by atoms with Crippen molar-refractivity contribution in [2.75, 3.05) is 0 Å². The molecule has 0 fully saturated rings. The molecule has 2 unspecified atom stereocenters. The van der Waals surface area contributed by atoms with Gasteiger partial charge in [-0.3, -0.25) is 24.5 Å². The number of ether oxygens (including phenoxy) is 4. The van der Waals surface area contributed by atoms with Crippen LogP contribution in [0.5, 0.6) is 5.75 Å². The molecule has 0 aliphatic heterocycles. The van der Waals surface area contributed by atoms with Crippen LogP contribution in [0.4, 0.5) is 15.3 Å². The Hall–Kier alpha value is -11.2. The van der Waals surface area contributed by atoms with E-state index in [-0.39, 0.29) is 54.4 Å². The third kappa shape index (κ3) is 25.1. The Bertz CT molecular complexity index is 4460. The van der Waals surface area contributed by atoms with Crippen LogP contribution in [0.15, 0.2) is 237 Å². The van der Waals surface area contributed by atoms with E-state index in [4.69, 9.17) is 24.7 Å². The second-order valence-electron chi connectivity index (χ2n) is 29.4. The Morgan fingerprint density at radius 3 is 1.19 bits per heavy atom. The maximum atomic E-state index is 14.3. The summed E-state index contributed by atoms with van der Waals surface area (Å²) < 4.78 is 22.3. The lowest BCUT2D eigenvalue weighted by molar-refractivity contribution is -0.384. The number of carbonyl (C=O) groups is 6. The normalized spacial score (nSPS) is 13.6. The number of carbonyl (C=O) groups excluding carboxylic acids is 6. The van der Waals surface area contributed by atoms with Gasteiger partial charge in [-0.25, -0.2) is 14.4 Å². The zero-order valence-electron chi connectivity index (χ0n) is 66.2. The fraction of sp³-hybridized carbons (Fsp3) is 0.341. The zero-order valence-corrected chi connectivity index (χ0v) is 67.8. The number of rotatable bonds is 31. The summed E-state index contributed by atoms with van der Waals surface area (Å²) >= 11 is 2.86. The van der Waals surface area contributed by atoms with Crippen molar-refractivity contribution in [2.45, 2.75) is 193 Å². The predicted molar refractivity (Wildman–Crippen MR) is 440 cm³/mol. The van der Waals surface area contributed by atoms with E-state index >= 15 is 0 Å². The lowest BCUT2D eigenvalue weighted by atomic mass is 9.77. The van der Waals surface area contributed by atoms with Gasteiger partial charge >= 0.3 is 18.1 Å². The van der Waals surface area contributed by atoms with E-state index in [1.54, 1.807) is 13.8 Å². The first-order valence-electron chi connectivity index (χ1n) is 37.7. The molecule has 0 saturated heterocycles. The van der Waals surface area contributed by atoms with Crippen LogP contribution in [0, 0.1) is 10.1 Å². The van der Waals surface area contributed by atoms with Crippen LogP contribution in [0.1, 0.15) is 199 Å². The molecule has 23 nitrogen and oxygen atoms in total. The number of amides is 5. The lowest BCUT2D eigenvalue weighted by Gasteiger charge is -2.37. The lowest BCUT2D eigenvalue weighted by Crippen LogP contribution is -2.53. The van der Waals surface area contributed by atoms with Gasteiger partial charge in [0.15, 0.2) is 11.8 Å². The summed E-state index contributed by atoms with van der Waals surface area (Å²) in [6, 6.07) is 69.8. The van der Waals surface area contributed by atoms with Crippen molar-refractivity contribution in [2.24, 2.45) is 5.73 Å². The molecule has 8 aromatic carbocycles. The number of nitrogens with one attached hydrogen (secondary N) is 5. The number of Topliss-reactive ketones (excluding diaryl/α,β-unsaturated/α-hetero) is 1. The molecule has 5 amide bonds. The van der Waals surface area contributed by atoms with Gasteiger partial charge in [0.2, 0.25) is 11.8 Å². The second kappa shape index (κ2) is 41.3. The second-order valence-corrected chi connectivity index (χ2v) is 31.4. The fourth-order valence-corrected chi connectivity index (χ4v) is 14.5. The van der Waals surface area contributed by atoms with Crippen molar-refractivity contribution in [1.29, 1.82) is 0 Å². The monoisotopic (exact) mass is 1570 g/mol. The summed E-state index contributed by atoms with van der Waals surface area (Å²) in [6.45, 7) is 24.4. The van der Waals surface area contributed by atoms with Crippen molar-refractivity contribution in [3.8, 4) is 5.75 Å². The Morgan fingerprint density at radius 2 is 0.823 bits per heavy atom. The molecule has 7 N–H and O–H groups in total.